The highest BCUT2D eigenvalue weighted by molar-refractivity contribution is 9.09. The quantitative estimate of drug-likeness (QED) is 0.213. The smallest absolute Gasteiger partial charge is 0.410 e. The van der Waals surface area contributed by atoms with Crippen LogP contribution >= 0.6 is 15.9 Å². The van der Waals surface area contributed by atoms with Crippen LogP contribution in [0, 0.1) is 0 Å². The lowest BCUT2D eigenvalue weighted by atomic mass is 10.2. The molecule has 1 amide bonds. The molecular formula is C16H29BrN4O4. The average molecular weight is 421 g/mol. The van der Waals surface area contributed by atoms with Gasteiger partial charge in [0.05, 0.1) is 19.8 Å². The number of hydrogen-bond acceptors (Lipinski definition) is 6. The first-order valence-corrected chi connectivity index (χ1v) is 9.40. The van der Waals surface area contributed by atoms with Crippen LogP contribution < -0.4 is 0 Å². The third-order valence-corrected chi connectivity index (χ3v) is 3.65. The van der Waals surface area contributed by atoms with Crippen molar-refractivity contribution in [3.63, 3.8) is 0 Å². The number of piperazine rings is 1. The van der Waals surface area contributed by atoms with Gasteiger partial charge in [-0.3, -0.25) is 5.21 Å². The number of alkyl halides is 1. The maximum Gasteiger partial charge on any atom is 0.410 e. The lowest BCUT2D eigenvalue weighted by molar-refractivity contribution is -0.0293. The highest BCUT2D eigenvalue weighted by Crippen LogP contribution is 2.13. The van der Waals surface area contributed by atoms with Crippen molar-refractivity contribution in [2.45, 2.75) is 26.4 Å². The van der Waals surface area contributed by atoms with E-state index in [4.69, 9.17) is 9.47 Å². The molecule has 0 radical (unpaired) electrons. The largest absolute Gasteiger partial charge is 0.444 e. The van der Waals surface area contributed by atoms with E-state index in [9.17, 15) is 10.0 Å². The van der Waals surface area contributed by atoms with Crippen molar-refractivity contribution in [1.82, 2.24) is 14.9 Å². The van der Waals surface area contributed by atoms with Gasteiger partial charge in [-0.15, -0.1) is 0 Å². The van der Waals surface area contributed by atoms with Crippen molar-refractivity contribution in [2.75, 3.05) is 51.3 Å². The van der Waals surface area contributed by atoms with Crippen molar-refractivity contribution in [3.05, 3.63) is 12.4 Å². The van der Waals surface area contributed by atoms with Gasteiger partial charge in [0.2, 0.25) is 0 Å². The Labute approximate surface area is 158 Å². The predicted molar refractivity (Wildman–Crippen MR) is 100 cm³/mol. The molecule has 1 saturated heterocycles. The number of hydrogen-bond donors (Lipinski definition) is 1. The number of rotatable bonds is 8. The molecule has 1 heterocycles. The Hall–Kier alpha value is -1.32. The zero-order chi connectivity index (χ0) is 18.9. The summed E-state index contributed by atoms with van der Waals surface area (Å²) in [6.45, 7) is 13.1. The lowest BCUT2D eigenvalue weighted by Crippen LogP contribution is -2.49. The molecule has 1 N–H and O–H groups in total. The second-order valence-electron chi connectivity index (χ2n) is 6.58. The Bertz CT molecular complexity index is 460. The van der Waals surface area contributed by atoms with E-state index in [1.165, 1.54) is 6.34 Å². The van der Waals surface area contributed by atoms with Crippen LogP contribution in [0.5, 0.6) is 0 Å². The molecule has 0 aromatic heterocycles. The van der Waals surface area contributed by atoms with Gasteiger partial charge in [-0.05, 0) is 20.8 Å². The Morgan fingerprint density at radius 3 is 2.44 bits per heavy atom. The van der Waals surface area contributed by atoms with E-state index in [0.29, 0.717) is 51.8 Å². The maximum atomic E-state index is 12.0. The zero-order valence-electron chi connectivity index (χ0n) is 15.3. The minimum Gasteiger partial charge on any atom is -0.444 e. The molecule has 0 atom stereocenters. The molecule has 1 fully saturated rings. The first kappa shape index (κ1) is 21.7. The number of hydroxylamine groups is 2. The molecule has 144 valence electrons. The molecule has 0 aromatic rings. The van der Waals surface area contributed by atoms with Crippen LogP contribution in [0.1, 0.15) is 20.8 Å². The molecule has 0 bridgehead atoms. The normalized spacial score (nSPS) is 15.6. The summed E-state index contributed by atoms with van der Waals surface area (Å²) in [7, 11) is 0. The van der Waals surface area contributed by atoms with E-state index in [1.807, 2.05) is 25.7 Å². The minimum atomic E-state index is -0.495. The number of halogens is 1. The summed E-state index contributed by atoms with van der Waals surface area (Å²) >= 11 is 3.26. The van der Waals surface area contributed by atoms with Crippen molar-refractivity contribution < 1.29 is 19.5 Å². The van der Waals surface area contributed by atoms with E-state index in [2.05, 4.69) is 27.5 Å². The Morgan fingerprint density at radius 1 is 1.28 bits per heavy atom. The number of ether oxygens (including phenoxy) is 2. The van der Waals surface area contributed by atoms with E-state index in [-0.39, 0.29) is 6.09 Å². The average Bonchev–Trinajstić information content (AvgIpc) is 2.55. The van der Waals surface area contributed by atoms with Crippen LogP contribution in [0.4, 0.5) is 4.79 Å². The fourth-order valence-corrected chi connectivity index (χ4v) is 2.29. The Kier molecular flexibility index (Phi) is 9.23. The molecule has 1 rings (SSSR count). The first-order chi connectivity index (χ1) is 11.7. The van der Waals surface area contributed by atoms with Gasteiger partial charge in [0.15, 0.2) is 0 Å². The molecule has 0 unspecified atom stereocenters. The van der Waals surface area contributed by atoms with Gasteiger partial charge in [-0.1, -0.05) is 22.5 Å². The Balaban J connectivity index is 2.32. The molecule has 0 saturated carbocycles. The van der Waals surface area contributed by atoms with Crippen LogP contribution in [0.2, 0.25) is 0 Å². The highest BCUT2D eigenvalue weighted by Gasteiger charge is 2.26. The van der Waals surface area contributed by atoms with Crippen LogP contribution in [-0.2, 0) is 9.47 Å². The van der Waals surface area contributed by atoms with Crippen molar-refractivity contribution in [1.29, 1.82) is 0 Å². The van der Waals surface area contributed by atoms with Crippen molar-refractivity contribution in [3.8, 4) is 0 Å². The summed E-state index contributed by atoms with van der Waals surface area (Å²) in [4.78, 5) is 19.8. The van der Waals surface area contributed by atoms with Gasteiger partial charge in [-0.2, -0.15) is 0 Å². The summed E-state index contributed by atoms with van der Waals surface area (Å²) in [6.07, 6.45) is 1.02. The van der Waals surface area contributed by atoms with Crippen molar-refractivity contribution in [2.24, 2.45) is 4.99 Å². The number of aliphatic imine (C=N–C) groups is 1. The van der Waals surface area contributed by atoms with Gasteiger partial charge < -0.3 is 19.3 Å². The van der Waals surface area contributed by atoms with Crippen LogP contribution in [0.15, 0.2) is 17.4 Å². The number of carbonyl (C=O) groups excluding carboxylic acids is 1. The molecule has 1 aliphatic heterocycles. The molecule has 0 aromatic carbocycles. The monoisotopic (exact) mass is 420 g/mol. The predicted octanol–water partition coefficient (Wildman–Crippen LogP) is 2.14. The van der Waals surface area contributed by atoms with Gasteiger partial charge in [0, 0.05) is 31.5 Å². The molecule has 0 spiro atoms. The number of nitrogens with zero attached hydrogens (tertiary/aromatic N) is 4. The SMILES string of the molecule is C=C(N=CN(O)CCOCCBr)N1CCN(C(=O)OC(C)(C)C)CC1. The second kappa shape index (κ2) is 10.6. The topological polar surface area (TPSA) is 77.8 Å². The lowest BCUT2D eigenvalue weighted by Gasteiger charge is -2.36. The van der Waals surface area contributed by atoms with Gasteiger partial charge in [0.1, 0.15) is 17.8 Å². The first-order valence-electron chi connectivity index (χ1n) is 8.28. The Morgan fingerprint density at radius 2 is 1.88 bits per heavy atom. The van der Waals surface area contributed by atoms with Crippen molar-refractivity contribution >= 4 is 28.4 Å². The standard InChI is InChI=1S/C16H29BrN4O4/c1-14(18-13-21(23)10-12-24-11-5-17)19-6-8-20(9-7-19)15(22)25-16(2,3)4/h13,23H,1,5-12H2,2-4H3. The summed E-state index contributed by atoms with van der Waals surface area (Å²) in [6, 6.07) is 0. The molecule has 25 heavy (non-hydrogen) atoms. The van der Waals surface area contributed by atoms with E-state index in [1.54, 1.807) is 4.90 Å². The summed E-state index contributed by atoms with van der Waals surface area (Å²) in [5.74, 6) is 0.546. The fraction of sp³-hybridized carbons (Fsp3) is 0.750. The van der Waals surface area contributed by atoms with Crippen LogP contribution in [0.3, 0.4) is 0 Å². The van der Waals surface area contributed by atoms with E-state index < -0.39 is 5.60 Å². The van der Waals surface area contributed by atoms with Crippen LogP contribution in [-0.4, -0.2) is 89.4 Å². The number of carbonyl (C=O) groups is 1. The highest BCUT2D eigenvalue weighted by atomic mass is 79.9. The summed E-state index contributed by atoms with van der Waals surface area (Å²) in [5.41, 5.74) is -0.495. The van der Waals surface area contributed by atoms with E-state index in [0.717, 1.165) is 10.4 Å². The summed E-state index contributed by atoms with van der Waals surface area (Å²) < 4.78 is 10.6. The van der Waals surface area contributed by atoms with Gasteiger partial charge >= 0.3 is 6.09 Å². The number of amides is 1. The third kappa shape index (κ3) is 9.08. The molecule has 1 aliphatic rings. The zero-order valence-corrected chi connectivity index (χ0v) is 16.9. The maximum absolute atomic E-state index is 12.0. The second-order valence-corrected chi connectivity index (χ2v) is 7.37. The van der Waals surface area contributed by atoms with Gasteiger partial charge in [0.25, 0.3) is 0 Å². The van der Waals surface area contributed by atoms with E-state index >= 15 is 0 Å². The van der Waals surface area contributed by atoms with Crippen LogP contribution in [0.25, 0.3) is 0 Å². The molecular weight excluding hydrogens is 392 g/mol. The molecule has 8 nitrogen and oxygen atoms in total. The summed E-state index contributed by atoms with van der Waals surface area (Å²) in [5, 5.41) is 11.4. The minimum absolute atomic E-state index is 0.300. The van der Waals surface area contributed by atoms with Gasteiger partial charge in [-0.25, -0.2) is 14.9 Å². The fourth-order valence-electron chi connectivity index (χ4n) is 2.06. The molecule has 9 heteroatoms. The molecule has 0 aliphatic carbocycles. The third-order valence-electron chi connectivity index (χ3n) is 3.32.